The van der Waals surface area contributed by atoms with Crippen LogP contribution >= 0.6 is 11.6 Å². The van der Waals surface area contributed by atoms with Crippen molar-refractivity contribution in [3.05, 3.63) is 47.5 Å². The normalized spacial score (nSPS) is 12.5. The Labute approximate surface area is 159 Å². The zero-order valence-electron chi connectivity index (χ0n) is 15.1. The average molecular weight is 402 g/mol. The van der Waals surface area contributed by atoms with E-state index in [4.69, 9.17) is 11.6 Å². The van der Waals surface area contributed by atoms with Gasteiger partial charge in [0.05, 0.1) is 12.8 Å². The quantitative estimate of drug-likeness (QED) is 0.631. The Balaban J connectivity index is 3.03. The molecule has 26 heavy (non-hydrogen) atoms. The zero-order chi connectivity index (χ0) is 19.9. The van der Waals surface area contributed by atoms with Crippen molar-refractivity contribution in [2.24, 2.45) is 0 Å². The monoisotopic (exact) mass is 401 g/mol. The Morgan fingerprint density at radius 3 is 2.38 bits per heavy atom. The lowest BCUT2D eigenvalue weighted by molar-refractivity contribution is -0.140. The fraction of sp³-hybridized carbons (Fsp3) is 0.412. The Bertz CT molecular complexity index is 750. The van der Waals surface area contributed by atoms with Crippen LogP contribution in [0.15, 0.2) is 36.9 Å². The van der Waals surface area contributed by atoms with Gasteiger partial charge < -0.3 is 10.2 Å². The summed E-state index contributed by atoms with van der Waals surface area (Å²) in [6, 6.07) is 6.08. The predicted molar refractivity (Wildman–Crippen MR) is 102 cm³/mol. The highest BCUT2D eigenvalue weighted by molar-refractivity contribution is 7.88. The molecule has 1 N–H and O–H groups in total. The van der Waals surface area contributed by atoms with E-state index in [0.29, 0.717) is 5.02 Å². The van der Waals surface area contributed by atoms with Crippen LogP contribution in [0, 0.1) is 0 Å². The van der Waals surface area contributed by atoms with E-state index in [-0.39, 0.29) is 25.5 Å². The molecule has 0 spiro atoms. The van der Waals surface area contributed by atoms with Crippen molar-refractivity contribution >= 4 is 33.4 Å². The largest absolute Gasteiger partial charge is 0.351 e. The third-order valence-corrected chi connectivity index (χ3v) is 5.29. The fourth-order valence-electron chi connectivity index (χ4n) is 2.09. The van der Waals surface area contributed by atoms with E-state index >= 15 is 0 Å². The molecule has 0 fully saturated rings. The lowest BCUT2D eigenvalue weighted by Gasteiger charge is -2.30. The van der Waals surface area contributed by atoms with Gasteiger partial charge in [0.25, 0.3) is 0 Å². The number of hydrogen-bond donors (Lipinski definition) is 1. The van der Waals surface area contributed by atoms with E-state index in [9.17, 15) is 18.0 Å². The zero-order valence-corrected chi connectivity index (χ0v) is 16.7. The molecule has 1 aromatic carbocycles. The Morgan fingerprint density at radius 1 is 1.31 bits per heavy atom. The van der Waals surface area contributed by atoms with Gasteiger partial charge in [0.15, 0.2) is 0 Å². The first-order chi connectivity index (χ1) is 12.1. The van der Waals surface area contributed by atoms with Crippen LogP contribution in [0.1, 0.15) is 12.5 Å². The van der Waals surface area contributed by atoms with Gasteiger partial charge in [-0.1, -0.05) is 29.8 Å². The summed E-state index contributed by atoms with van der Waals surface area (Å²) in [6.07, 6.45) is 2.55. The van der Waals surface area contributed by atoms with Crippen molar-refractivity contribution < 1.29 is 18.0 Å². The molecular formula is C17H24ClN3O4S. The molecule has 1 aromatic rings. The summed E-state index contributed by atoms with van der Waals surface area (Å²) in [5.74, 6) is -0.830. The standard InChI is InChI=1S/C17H24ClN3O4S/c1-5-10-19-17(23)13(2)21(11-14-6-8-15(18)9-7-14)16(22)12-20(3)26(4,24)25/h5-9,13H,1,10-12H2,2-4H3,(H,19,23)/t13-/m1/s1. The molecule has 0 aliphatic heterocycles. The molecule has 2 amide bonds. The van der Waals surface area contributed by atoms with Crippen LogP contribution in [0.3, 0.4) is 0 Å². The van der Waals surface area contributed by atoms with Gasteiger partial charge in [-0.25, -0.2) is 8.42 Å². The molecule has 0 unspecified atom stereocenters. The summed E-state index contributed by atoms with van der Waals surface area (Å²) in [5.41, 5.74) is 0.771. The number of halogens is 1. The minimum atomic E-state index is -3.52. The van der Waals surface area contributed by atoms with E-state index in [0.717, 1.165) is 16.1 Å². The van der Waals surface area contributed by atoms with Crippen molar-refractivity contribution in [3.8, 4) is 0 Å². The summed E-state index contributed by atoms with van der Waals surface area (Å²) < 4.78 is 24.1. The third kappa shape index (κ3) is 6.78. The fourth-order valence-corrected chi connectivity index (χ4v) is 2.56. The summed E-state index contributed by atoms with van der Waals surface area (Å²) in [5, 5.41) is 3.20. The van der Waals surface area contributed by atoms with Crippen molar-refractivity contribution in [2.75, 3.05) is 26.4 Å². The SMILES string of the molecule is C=CCNC(=O)[C@@H](C)N(Cc1ccc(Cl)cc1)C(=O)CN(C)S(C)(=O)=O. The first-order valence-corrected chi connectivity index (χ1v) is 10.1. The van der Waals surface area contributed by atoms with Crippen LogP contribution < -0.4 is 5.32 Å². The Morgan fingerprint density at radius 2 is 1.88 bits per heavy atom. The van der Waals surface area contributed by atoms with Crippen molar-refractivity contribution in [1.29, 1.82) is 0 Å². The maximum Gasteiger partial charge on any atom is 0.242 e. The predicted octanol–water partition coefficient (Wildman–Crippen LogP) is 1.25. The van der Waals surface area contributed by atoms with Crippen LogP contribution in [0.25, 0.3) is 0 Å². The van der Waals surface area contributed by atoms with Crippen LogP contribution in [0.5, 0.6) is 0 Å². The number of likely N-dealkylation sites (N-methyl/N-ethyl adjacent to an activating group) is 1. The molecule has 0 aliphatic rings. The van der Waals surface area contributed by atoms with E-state index in [1.807, 2.05) is 0 Å². The number of nitrogens with zero attached hydrogens (tertiary/aromatic N) is 2. The van der Waals surface area contributed by atoms with Gasteiger partial charge in [-0.3, -0.25) is 9.59 Å². The minimum Gasteiger partial charge on any atom is -0.351 e. The van der Waals surface area contributed by atoms with Crippen molar-refractivity contribution in [2.45, 2.75) is 19.5 Å². The summed E-state index contributed by atoms with van der Waals surface area (Å²) in [4.78, 5) is 26.3. The topological polar surface area (TPSA) is 86.8 Å². The van der Waals surface area contributed by atoms with Crippen molar-refractivity contribution in [1.82, 2.24) is 14.5 Å². The number of rotatable bonds is 9. The molecule has 1 atom stereocenters. The molecular weight excluding hydrogens is 378 g/mol. The van der Waals surface area contributed by atoms with Crippen LogP contribution in [0.4, 0.5) is 0 Å². The average Bonchev–Trinajstić information content (AvgIpc) is 2.57. The van der Waals surface area contributed by atoms with Gasteiger partial charge in [0.2, 0.25) is 21.8 Å². The number of amides is 2. The molecule has 0 heterocycles. The molecule has 1 rings (SSSR count). The van der Waals surface area contributed by atoms with E-state index < -0.39 is 22.0 Å². The molecule has 9 heteroatoms. The minimum absolute atomic E-state index is 0.149. The summed E-state index contributed by atoms with van der Waals surface area (Å²) >= 11 is 5.87. The third-order valence-electron chi connectivity index (χ3n) is 3.78. The van der Waals surface area contributed by atoms with E-state index in [2.05, 4.69) is 11.9 Å². The molecule has 144 valence electrons. The lowest BCUT2D eigenvalue weighted by Crippen LogP contribution is -2.50. The second kappa shape index (κ2) is 9.70. The first-order valence-electron chi connectivity index (χ1n) is 7.90. The molecule has 0 aromatic heterocycles. The highest BCUT2D eigenvalue weighted by Gasteiger charge is 2.28. The highest BCUT2D eigenvalue weighted by Crippen LogP contribution is 2.14. The molecule has 0 saturated carbocycles. The smallest absolute Gasteiger partial charge is 0.242 e. The van der Waals surface area contributed by atoms with Gasteiger partial charge >= 0.3 is 0 Å². The summed E-state index contributed by atoms with van der Waals surface area (Å²) in [6.45, 7) is 5.19. The van der Waals surface area contributed by atoms with Gasteiger partial charge in [-0.15, -0.1) is 6.58 Å². The molecule has 0 radical (unpaired) electrons. The van der Waals surface area contributed by atoms with E-state index in [1.165, 1.54) is 18.0 Å². The second-order valence-electron chi connectivity index (χ2n) is 5.88. The molecule has 0 saturated heterocycles. The summed E-state index contributed by atoms with van der Waals surface area (Å²) in [7, 11) is -2.20. The molecule has 0 bridgehead atoms. The van der Waals surface area contributed by atoms with Gasteiger partial charge in [0.1, 0.15) is 6.04 Å². The molecule has 0 aliphatic carbocycles. The number of carbonyl (C=O) groups excluding carboxylic acids is 2. The second-order valence-corrected chi connectivity index (χ2v) is 8.40. The van der Waals surface area contributed by atoms with Crippen LogP contribution in [-0.2, 0) is 26.2 Å². The maximum atomic E-state index is 12.7. The van der Waals surface area contributed by atoms with Crippen LogP contribution in [0.2, 0.25) is 5.02 Å². The Hall–Kier alpha value is -1.90. The lowest BCUT2D eigenvalue weighted by atomic mass is 10.1. The highest BCUT2D eigenvalue weighted by atomic mass is 35.5. The van der Waals surface area contributed by atoms with Gasteiger partial charge in [-0.05, 0) is 24.6 Å². The number of nitrogens with one attached hydrogen (secondary N) is 1. The maximum absolute atomic E-state index is 12.7. The van der Waals surface area contributed by atoms with E-state index in [1.54, 1.807) is 31.2 Å². The number of carbonyl (C=O) groups is 2. The van der Waals surface area contributed by atoms with Gasteiger partial charge in [-0.2, -0.15) is 4.31 Å². The molecule has 7 nitrogen and oxygen atoms in total. The Kier molecular flexibility index (Phi) is 8.26. The van der Waals surface area contributed by atoms with Gasteiger partial charge in [0, 0.05) is 25.2 Å². The number of hydrogen-bond acceptors (Lipinski definition) is 4. The number of sulfonamides is 1. The van der Waals surface area contributed by atoms with Crippen LogP contribution in [-0.4, -0.2) is 61.9 Å². The first kappa shape index (κ1) is 22.1. The number of benzene rings is 1. The van der Waals surface area contributed by atoms with Crippen molar-refractivity contribution in [3.63, 3.8) is 0 Å².